The number of nitro groups is 1. The molecular weight excluding hydrogens is 349 g/mol. The molecule has 3 aromatic rings. The number of anilines is 2. The molecule has 27 heavy (non-hydrogen) atoms. The number of nitrogens with one attached hydrogen (secondary N) is 2. The summed E-state index contributed by atoms with van der Waals surface area (Å²) < 4.78 is 13.0. The molecule has 138 valence electrons. The van der Waals surface area contributed by atoms with Crippen molar-refractivity contribution in [1.82, 2.24) is 9.97 Å². The van der Waals surface area contributed by atoms with Gasteiger partial charge in [-0.05, 0) is 30.2 Å². The second-order valence-corrected chi connectivity index (χ2v) is 5.93. The van der Waals surface area contributed by atoms with Gasteiger partial charge in [-0.15, -0.1) is 0 Å². The summed E-state index contributed by atoms with van der Waals surface area (Å²) in [6, 6.07) is 15.3. The topological polar surface area (TPSA) is 93.0 Å². The van der Waals surface area contributed by atoms with Crippen LogP contribution in [-0.4, -0.2) is 14.9 Å². The minimum absolute atomic E-state index is 0.0992. The number of aromatic nitrogens is 2. The number of rotatable bonds is 7. The smallest absolute Gasteiger partial charge is 0.353 e. The van der Waals surface area contributed by atoms with Crippen LogP contribution in [0.3, 0.4) is 0 Å². The Hall–Kier alpha value is -3.55. The van der Waals surface area contributed by atoms with Crippen LogP contribution in [-0.2, 0) is 6.54 Å². The maximum absolute atomic E-state index is 13.0. The van der Waals surface area contributed by atoms with Gasteiger partial charge in [0.25, 0.3) is 0 Å². The average molecular weight is 367 g/mol. The highest BCUT2D eigenvalue weighted by molar-refractivity contribution is 5.69. The minimum atomic E-state index is -0.521. The number of hydrogen-bond acceptors (Lipinski definition) is 6. The summed E-state index contributed by atoms with van der Waals surface area (Å²) in [5.74, 6) is -0.108. The average Bonchev–Trinajstić information content (AvgIpc) is 2.68. The molecule has 0 saturated heterocycles. The van der Waals surface area contributed by atoms with E-state index in [2.05, 4.69) is 20.6 Å². The summed E-state index contributed by atoms with van der Waals surface area (Å²) in [4.78, 5) is 19.1. The lowest BCUT2D eigenvalue weighted by Crippen LogP contribution is -2.12. The quantitative estimate of drug-likeness (QED) is 0.477. The molecule has 1 atom stereocenters. The molecule has 8 heteroatoms. The highest BCUT2D eigenvalue weighted by Gasteiger charge is 2.24. The molecule has 0 aliphatic rings. The van der Waals surface area contributed by atoms with Crippen LogP contribution in [0.4, 0.5) is 21.7 Å². The standard InChI is InChI=1S/C19H18FN5O2/c1-13(15-5-3-2-4-6-15)24-19-17(25(26)27)18(22-12-23-19)21-11-14-7-9-16(20)10-8-14/h2-10,12-13H,11H2,1H3,(H2,21,22,23,24). The molecule has 0 radical (unpaired) electrons. The van der Waals surface area contributed by atoms with Crippen LogP contribution in [0.1, 0.15) is 24.1 Å². The Morgan fingerprint density at radius 3 is 2.41 bits per heavy atom. The van der Waals surface area contributed by atoms with E-state index in [-0.39, 0.29) is 35.7 Å². The van der Waals surface area contributed by atoms with Crippen molar-refractivity contribution in [2.75, 3.05) is 10.6 Å². The molecule has 0 fully saturated rings. The molecule has 2 N–H and O–H groups in total. The van der Waals surface area contributed by atoms with E-state index in [1.165, 1.54) is 18.5 Å². The summed E-state index contributed by atoms with van der Waals surface area (Å²) in [5, 5.41) is 17.6. The van der Waals surface area contributed by atoms with E-state index in [9.17, 15) is 14.5 Å². The Kier molecular flexibility index (Phi) is 5.55. The van der Waals surface area contributed by atoms with E-state index in [1.807, 2.05) is 37.3 Å². The molecule has 1 heterocycles. The molecule has 3 rings (SSSR count). The van der Waals surface area contributed by atoms with E-state index in [1.54, 1.807) is 12.1 Å². The molecule has 0 aliphatic carbocycles. The minimum Gasteiger partial charge on any atom is -0.360 e. The lowest BCUT2D eigenvalue weighted by atomic mass is 10.1. The first-order valence-electron chi connectivity index (χ1n) is 8.34. The molecule has 0 aliphatic heterocycles. The van der Waals surface area contributed by atoms with Crippen molar-refractivity contribution in [3.05, 3.63) is 88.0 Å². The molecule has 1 aromatic heterocycles. The van der Waals surface area contributed by atoms with Crippen molar-refractivity contribution >= 4 is 17.3 Å². The van der Waals surface area contributed by atoms with Crippen molar-refractivity contribution in [3.63, 3.8) is 0 Å². The van der Waals surface area contributed by atoms with Gasteiger partial charge in [0.15, 0.2) is 0 Å². The van der Waals surface area contributed by atoms with Crippen LogP contribution in [0, 0.1) is 15.9 Å². The van der Waals surface area contributed by atoms with E-state index in [0.717, 1.165) is 11.1 Å². The monoisotopic (exact) mass is 367 g/mol. The Morgan fingerprint density at radius 2 is 1.74 bits per heavy atom. The van der Waals surface area contributed by atoms with E-state index in [0.29, 0.717) is 0 Å². The second kappa shape index (κ2) is 8.22. The van der Waals surface area contributed by atoms with E-state index >= 15 is 0 Å². The van der Waals surface area contributed by atoms with E-state index in [4.69, 9.17) is 0 Å². The van der Waals surface area contributed by atoms with Gasteiger partial charge < -0.3 is 10.6 Å². The largest absolute Gasteiger partial charge is 0.360 e. The summed E-state index contributed by atoms with van der Waals surface area (Å²) in [6.45, 7) is 2.17. The van der Waals surface area contributed by atoms with Gasteiger partial charge >= 0.3 is 5.69 Å². The van der Waals surface area contributed by atoms with Gasteiger partial charge in [0.1, 0.15) is 12.1 Å². The van der Waals surface area contributed by atoms with Crippen molar-refractivity contribution in [3.8, 4) is 0 Å². The van der Waals surface area contributed by atoms with Crippen LogP contribution in [0.2, 0.25) is 0 Å². The van der Waals surface area contributed by atoms with Crippen molar-refractivity contribution in [2.24, 2.45) is 0 Å². The van der Waals surface area contributed by atoms with Gasteiger partial charge in [-0.1, -0.05) is 42.5 Å². The van der Waals surface area contributed by atoms with Gasteiger partial charge in [0, 0.05) is 6.54 Å². The zero-order valence-electron chi connectivity index (χ0n) is 14.6. The highest BCUT2D eigenvalue weighted by Crippen LogP contribution is 2.31. The SMILES string of the molecule is CC(Nc1ncnc(NCc2ccc(F)cc2)c1[N+](=O)[O-])c1ccccc1. The predicted octanol–water partition coefficient (Wildman–Crippen LogP) is 4.31. The number of hydrogen-bond donors (Lipinski definition) is 2. The van der Waals surface area contributed by atoms with Crippen LogP contribution >= 0.6 is 0 Å². The molecule has 0 saturated carbocycles. The van der Waals surface area contributed by atoms with Crippen molar-refractivity contribution in [1.29, 1.82) is 0 Å². The van der Waals surface area contributed by atoms with Crippen molar-refractivity contribution < 1.29 is 9.31 Å². The Labute approximate surface area is 155 Å². The molecular formula is C19H18FN5O2. The fourth-order valence-corrected chi connectivity index (χ4v) is 2.60. The molecule has 7 nitrogen and oxygen atoms in total. The third-order valence-electron chi connectivity index (χ3n) is 4.03. The summed E-state index contributed by atoms with van der Waals surface area (Å²) in [6.07, 6.45) is 1.26. The van der Waals surface area contributed by atoms with Gasteiger partial charge in [0.05, 0.1) is 11.0 Å². The normalized spacial score (nSPS) is 11.6. The third kappa shape index (κ3) is 4.55. The molecule has 2 aromatic carbocycles. The number of halogens is 1. The molecule has 0 spiro atoms. The Balaban J connectivity index is 1.81. The van der Waals surface area contributed by atoms with Crippen molar-refractivity contribution in [2.45, 2.75) is 19.5 Å². The van der Waals surface area contributed by atoms with E-state index < -0.39 is 4.92 Å². The lowest BCUT2D eigenvalue weighted by molar-refractivity contribution is -0.383. The lowest BCUT2D eigenvalue weighted by Gasteiger charge is -2.16. The fraction of sp³-hybridized carbons (Fsp3) is 0.158. The van der Waals surface area contributed by atoms with Gasteiger partial charge in [-0.3, -0.25) is 10.1 Å². The van der Waals surface area contributed by atoms with Crippen LogP contribution < -0.4 is 10.6 Å². The molecule has 1 unspecified atom stereocenters. The maximum Gasteiger partial charge on any atom is 0.353 e. The summed E-state index contributed by atoms with van der Waals surface area (Å²) >= 11 is 0. The van der Waals surface area contributed by atoms with Crippen LogP contribution in [0.15, 0.2) is 60.9 Å². The molecule has 0 bridgehead atoms. The first-order chi connectivity index (χ1) is 13.0. The Bertz CT molecular complexity index is 919. The van der Waals surface area contributed by atoms with Gasteiger partial charge in [0.2, 0.25) is 11.6 Å². The first-order valence-corrected chi connectivity index (χ1v) is 8.34. The number of benzene rings is 2. The Morgan fingerprint density at radius 1 is 1.07 bits per heavy atom. The predicted molar refractivity (Wildman–Crippen MR) is 101 cm³/mol. The second-order valence-electron chi connectivity index (χ2n) is 5.93. The fourth-order valence-electron chi connectivity index (χ4n) is 2.60. The zero-order valence-corrected chi connectivity index (χ0v) is 14.6. The first kappa shape index (κ1) is 18.2. The summed E-state index contributed by atoms with van der Waals surface area (Å²) in [5.41, 5.74) is 1.52. The van der Waals surface area contributed by atoms with Gasteiger partial charge in [-0.25, -0.2) is 14.4 Å². The zero-order chi connectivity index (χ0) is 19.2. The van der Waals surface area contributed by atoms with Crippen LogP contribution in [0.25, 0.3) is 0 Å². The highest BCUT2D eigenvalue weighted by atomic mass is 19.1. The maximum atomic E-state index is 13.0. The third-order valence-corrected chi connectivity index (χ3v) is 4.03. The van der Waals surface area contributed by atoms with Crippen LogP contribution in [0.5, 0.6) is 0 Å². The molecule has 0 amide bonds. The van der Waals surface area contributed by atoms with Gasteiger partial charge in [-0.2, -0.15) is 0 Å². The summed E-state index contributed by atoms with van der Waals surface area (Å²) in [7, 11) is 0. The number of nitrogens with zero attached hydrogens (tertiary/aromatic N) is 3.